The Kier molecular flexibility index (Phi) is 8.03. The van der Waals surface area contributed by atoms with Crippen LogP contribution >= 0.6 is 0 Å². The number of hydrogen-bond acceptors (Lipinski definition) is 3. The Hall–Kier alpha value is -2.66. The maximum Gasteiger partial charge on any atom is 0.227 e. The molecule has 0 aromatic heterocycles. The number of anilines is 1. The van der Waals surface area contributed by atoms with Gasteiger partial charge in [0.05, 0.1) is 6.42 Å². The molecular formula is C25H33N3O2. The zero-order valence-corrected chi connectivity index (χ0v) is 18.1. The number of rotatable bonds is 10. The van der Waals surface area contributed by atoms with Crippen LogP contribution in [-0.4, -0.2) is 48.9 Å². The van der Waals surface area contributed by atoms with Gasteiger partial charge in [0.1, 0.15) is 0 Å². The van der Waals surface area contributed by atoms with Gasteiger partial charge in [-0.3, -0.25) is 14.5 Å². The van der Waals surface area contributed by atoms with Crippen LogP contribution in [0.4, 0.5) is 5.69 Å². The van der Waals surface area contributed by atoms with E-state index in [-0.39, 0.29) is 17.9 Å². The molecule has 1 atom stereocenters. The van der Waals surface area contributed by atoms with Crippen molar-refractivity contribution in [2.45, 2.75) is 45.6 Å². The van der Waals surface area contributed by atoms with E-state index in [2.05, 4.69) is 48.3 Å². The fourth-order valence-corrected chi connectivity index (χ4v) is 4.15. The summed E-state index contributed by atoms with van der Waals surface area (Å²) in [6.07, 6.45) is 2.81. The van der Waals surface area contributed by atoms with Gasteiger partial charge in [-0.05, 0) is 49.2 Å². The monoisotopic (exact) mass is 407 g/mol. The molecule has 1 saturated heterocycles. The van der Waals surface area contributed by atoms with Crippen LogP contribution in [0, 0.1) is 0 Å². The van der Waals surface area contributed by atoms with E-state index >= 15 is 0 Å². The van der Waals surface area contributed by atoms with Crippen molar-refractivity contribution >= 4 is 17.5 Å². The summed E-state index contributed by atoms with van der Waals surface area (Å²) >= 11 is 0. The number of amides is 2. The van der Waals surface area contributed by atoms with Gasteiger partial charge < -0.3 is 10.2 Å². The molecule has 1 fully saturated rings. The van der Waals surface area contributed by atoms with Crippen molar-refractivity contribution in [3.8, 4) is 0 Å². The predicted molar refractivity (Wildman–Crippen MR) is 122 cm³/mol. The number of nitrogens with one attached hydrogen (secondary N) is 1. The molecule has 0 saturated carbocycles. The van der Waals surface area contributed by atoms with E-state index in [1.54, 1.807) is 0 Å². The lowest BCUT2D eigenvalue weighted by Crippen LogP contribution is -2.45. The van der Waals surface area contributed by atoms with Crippen molar-refractivity contribution in [2.75, 3.05) is 31.1 Å². The Labute approximate surface area is 180 Å². The summed E-state index contributed by atoms with van der Waals surface area (Å²) in [5.74, 6) is 0.214. The molecular weight excluding hydrogens is 374 g/mol. The number of hydrogen-bond donors (Lipinski definition) is 1. The number of carbonyl (C=O) groups excluding carboxylic acids is 2. The highest BCUT2D eigenvalue weighted by Gasteiger charge is 2.21. The van der Waals surface area contributed by atoms with Crippen molar-refractivity contribution in [1.29, 1.82) is 0 Å². The van der Waals surface area contributed by atoms with Gasteiger partial charge in [-0.1, -0.05) is 56.3 Å². The number of carbonyl (C=O) groups is 2. The zero-order chi connectivity index (χ0) is 21.3. The molecule has 5 nitrogen and oxygen atoms in total. The molecule has 1 aliphatic rings. The molecule has 1 aliphatic heterocycles. The fourth-order valence-electron chi connectivity index (χ4n) is 4.15. The molecule has 0 aliphatic carbocycles. The van der Waals surface area contributed by atoms with Gasteiger partial charge in [-0.2, -0.15) is 0 Å². The van der Waals surface area contributed by atoms with E-state index < -0.39 is 0 Å². The first-order valence-corrected chi connectivity index (χ1v) is 11.0. The van der Waals surface area contributed by atoms with Crippen molar-refractivity contribution in [2.24, 2.45) is 0 Å². The fraction of sp³-hybridized carbons (Fsp3) is 0.440. The van der Waals surface area contributed by atoms with E-state index in [0.717, 1.165) is 43.7 Å². The van der Waals surface area contributed by atoms with E-state index in [1.807, 2.05) is 35.2 Å². The molecule has 0 radical (unpaired) electrons. The molecule has 0 bridgehead atoms. The molecule has 5 heteroatoms. The van der Waals surface area contributed by atoms with Crippen LogP contribution < -0.4 is 10.2 Å². The summed E-state index contributed by atoms with van der Waals surface area (Å²) in [4.78, 5) is 28.7. The average molecular weight is 408 g/mol. The Morgan fingerprint density at radius 2 is 1.73 bits per heavy atom. The third-order valence-corrected chi connectivity index (χ3v) is 5.86. The topological polar surface area (TPSA) is 52.7 Å². The first kappa shape index (κ1) is 22.0. The highest BCUT2D eigenvalue weighted by atomic mass is 16.2. The van der Waals surface area contributed by atoms with E-state index in [4.69, 9.17) is 0 Å². The second-order valence-electron chi connectivity index (χ2n) is 7.86. The maximum absolute atomic E-state index is 12.6. The molecule has 1 unspecified atom stereocenters. The van der Waals surface area contributed by atoms with Crippen LogP contribution in [0.15, 0.2) is 54.6 Å². The van der Waals surface area contributed by atoms with E-state index in [9.17, 15) is 9.59 Å². The second-order valence-corrected chi connectivity index (χ2v) is 7.86. The lowest BCUT2D eigenvalue weighted by atomic mass is 10.0. The summed E-state index contributed by atoms with van der Waals surface area (Å²) in [7, 11) is 0. The minimum Gasteiger partial charge on any atom is -0.354 e. The molecule has 0 spiro atoms. The highest BCUT2D eigenvalue weighted by Crippen LogP contribution is 2.21. The molecule has 2 aromatic carbocycles. The first-order chi connectivity index (χ1) is 14.6. The van der Waals surface area contributed by atoms with Gasteiger partial charge in [0.25, 0.3) is 0 Å². The number of benzene rings is 2. The van der Waals surface area contributed by atoms with Crippen molar-refractivity contribution < 1.29 is 9.59 Å². The SMILES string of the molecule is CCN(CC)C(CNC(=O)Cc1ccc(N2CCCC2=O)cc1)Cc1ccccc1. The Bertz CT molecular complexity index is 816. The van der Waals surface area contributed by atoms with Gasteiger partial charge in [-0.15, -0.1) is 0 Å². The minimum atomic E-state index is 0.0326. The van der Waals surface area contributed by atoms with Gasteiger partial charge in [0.2, 0.25) is 11.8 Å². The molecule has 1 N–H and O–H groups in total. The Balaban J connectivity index is 1.55. The van der Waals surface area contributed by atoms with E-state index in [1.165, 1.54) is 5.56 Å². The highest BCUT2D eigenvalue weighted by molar-refractivity contribution is 5.95. The molecule has 1 heterocycles. The number of likely N-dealkylation sites (N-methyl/N-ethyl adjacent to an activating group) is 1. The van der Waals surface area contributed by atoms with Crippen molar-refractivity contribution in [3.63, 3.8) is 0 Å². The van der Waals surface area contributed by atoms with Crippen LogP contribution in [0.1, 0.15) is 37.8 Å². The average Bonchev–Trinajstić information content (AvgIpc) is 3.20. The number of nitrogens with zero attached hydrogens (tertiary/aromatic N) is 2. The van der Waals surface area contributed by atoms with Crippen LogP contribution in [0.5, 0.6) is 0 Å². The smallest absolute Gasteiger partial charge is 0.227 e. The predicted octanol–water partition coefficient (Wildman–Crippen LogP) is 3.43. The summed E-state index contributed by atoms with van der Waals surface area (Å²) in [6.45, 7) is 7.66. The summed E-state index contributed by atoms with van der Waals surface area (Å²) in [5.41, 5.74) is 3.17. The van der Waals surface area contributed by atoms with E-state index in [0.29, 0.717) is 19.4 Å². The lowest BCUT2D eigenvalue weighted by Gasteiger charge is -2.30. The third kappa shape index (κ3) is 5.92. The molecule has 2 amide bonds. The van der Waals surface area contributed by atoms with Gasteiger partial charge in [-0.25, -0.2) is 0 Å². The largest absolute Gasteiger partial charge is 0.354 e. The van der Waals surface area contributed by atoms with Crippen LogP contribution in [0.25, 0.3) is 0 Å². The van der Waals surface area contributed by atoms with Crippen molar-refractivity contribution in [1.82, 2.24) is 10.2 Å². The van der Waals surface area contributed by atoms with Gasteiger partial charge >= 0.3 is 0 Å². The molecule has 3 rings (SSSR count). The summed E-state index contributed by atoms with van der Waals surface area (Å²) in [6, 6.07) is 18.5. The lowest BCUT2D eigenvalue weighted by molar-refractivity contribution is -0.120. The van der Waals surface area contributed by atoms with Gasteiger partial charge in [0.15, 0.2) is 0 Å². The second kappa shape index (κ2) is 10.9. The Morgan fingerprint density at radius 3 is 2.33 bits per heavy atom. The maximum atomic E-state index is 12.6. The molecule has 30 heavy (non-hydrogen) atoms. The normalized spacial score (nSPS) is 14.9. The quantitative estimate of drug-likeness (QED) is 0.657. The van der Waals surface area contributed by atoms with Crippen LogP contribution in [0.2, 0.25) is 0 Å². The van der Waals surface area contributed by atoms with Crippen LogP contribution in [-0.2, 0) is 22.4 Å². The molecule has 2 aromatic rings. The first-order valence-electron chi connectivity index (χ1n) is 11.0. The third-order valence-electron chi connectivity index (χ3n) is 5.86. The standard InChI is InChI=1S/C25H33N3O2/c1-3-27(4-2)23(17-20-9-6-5-7-10-20)19-26-24(29)18-21-12-14-22(15-13-21)28-16-8-11-25(28)30/h5-7,9-10,12-15,23H,3-4,8,11,16-19H2,1-2H3,(H,26,29). The minimum absolute atomic E-state index is 0.0326. The summed E-state index contributed by atoms with van der Waals surface area (Å²) < 4.78 is 0. The van der Waals surface area contributed by atoms with Gasteiger partial charge in [0, 0.05) is 31.2 Å². The van der Waals surface area contributed by atoms with Crippen LogP contribution in [0.3, 0.4) is 0 Å². The Morgan fingerprint density at radius 1 is 1.03 bits per heavy atom. The zero-order valence-electron chi connectivity index (χ0n) is 18.1. The molecule has 160 valence electrons. The summed E-state index contributed by atoms with van der Waals surface area (Å²) in [5, 5.41) is 3.13. The van der Waals surface area contributed by atoms with Crippen molar-refractivity contribution in [3.05, 3.63) is 65.7 Å².